The van der Waals surface area contributed by atoms with Crippen molar-refractivity contribution in [3.63, 3.8) is 0 Å². The summed E-state index contributed by atoms with van der Waals surface area (Å²) < 4.78 is 47.9. The van der Waals surface area contributed by atoms with Gasteiger partial charge in [0.05, 0.1) is 29.6 Å². The number of nitrogens with zero attached hydrogens (tertiary/aromatic N) is 2. The molecular formula is C37H46ClN3O7S. The maximum absolute atomic E-state index is 13.5. The van der Waals surface area contributed by atoms with Crippen molar-refractivity contribution in [2.75, 3.05) is 25.1 Å². The van der Waals surface area contributed by atoms with Crippen LogP contribution in [0.25, 0.3) is 0 Å². The van der Waals surface area contributed by atoms with E-state index in [4.69, 9.17) is 25.5 Å². The third-order valence-corrected chi connectivity index (χ3v) is 12.9. The zero-order chi connectivity index (χ0) is 34.8. The van der Waals surface area contributed by atoms with Gasteiger partial charge in [-0.2, -0.15) is 0 Å². The van der Waals surface area contributed by atoms with Gasteiger partial charge in [0, 0.05) is 30.8 Å². The van der Waals surface area contributed by atoms with Gasteiger partial charge >= 0.3 is 0 Å². The molecule has 0 unspecified atom stereocenters. The number of aliphatic hydroxyl groups is 1. The summed E-state index contributed by atoms with van der Waals surface area (Å²) in [5, 5.41) is 9.49. The number of benzene rings is 2. The minimum Gasteiger partial charge on any atom is -0.487 e. The second-order valence-electron chi connectivity index (χ2n) is 13.8. The summed E-state index contributed by atoms with van der Waals surface area (Å²) in [6.45, 7) is 5.00. The number of aliphatic hydroxyl groups excluding tert-OH is 1. The quantitative estimate of drug-likeness (QED) is 0.302. The van der Waals surface area contributed by atoms with Crippen LogP contribution in [0.4, 0.5) is 5.69 Å². The Hall–Kier alpha value is -3.38. The minimum absolute atomic E-state index is 0.100. The third kappa shape index (κ3) is 7.70. The van der Waals surface area contributed by atoms with E-state index in [-0.39, 0.29) is 29.9 Å². The number of aromatic nitrogens is 1. The average molecular weight is 712 g/mol. The van der Waals surface area contributed by atoms with E-state index in [1.54, 1.807) is 32.2 Å². The molecule has 3 aromatic rings. The van der Waals surface area contributed by atoms with Crippen LogP contribution >= 0.6 is 11.6 Å². The van der Waals surface area contributed by atoms with Crippen molar-refractivity contribution in [1.82, 2.24) is 9.71 Å². The summed E-state index contributed by atoms with van der Waals surface area (Å²) in [7, 11) is -2.30. The lowest BCUT2D eigenvalue weighted by molar-refractivity contribution is -0.0775. The molecule has 12 heteroatoms. The third-order valence-electron chi connectivity index (χ3n) is 10.7. The predicted octanol–water partition coefficient (Wildman–Crippen LogP) is 6.24. The monoisotopic (exact) mass is 711 g/mol. The summed E-state index contributed by atoms with van der Waals surface area (Å²) in [5.74, 6) is 0.469. The fourth-order valence-corrected chi connectivity index (χ4v) is 8.88. The van der Waals surface area contributed by atoms with Gasteiger partial charge in [0.2, 0.25) is 10.0 Å². The van der Waals surface area contributed by atoms with Crippen molar-refractivity contribution >= 4 is 33.2 Å². The first kappa shape index (κ1) is 35.4. The molecule has 3 heterocycles. The van der Waals surface area contributed by atoms with Crippen molar-refractivity contribution < 1.29 is 32.2 Å². The van der Waals surface area contributed by atoms with Crippen LogP contribution in [0.3, 0.4) is 0 Å². The summed E-state index contributed by atoms with van der Waals surface area (Å²) in [4.78, 5) is 20.3. The van der Waals surface area contributed by atoms with E-state index >= 15 is 0 Å². The SMILES string of the molecule is CO[C@@]1(Cc2nc(CO)co2)/C=C/C[C@H](C)[C@@H](C)S(=O)(=O)NC(=O)c2ccc3c(c2)N(CCCCc2cc(Cl)ccc2CO3)C[C@@H]2CC[C@H]21. The Morgan fingerprint density at radius 2 is 1.98 bits per heavy atom. The maximum Gasteiger partial charge on any atom is 0.264 e. The normalized spacial score (nSPS) is 28.1. The van der Waals surface area contributed by atoms with Crippen LogP contribution in [0.15, 0.2) is 59.2 Å². The summed E-state index contributed by atoms with van der Waals surface area (Å²) in [6.07, 6.45) is 10.9. The van der Waals surface area contributed by atoms with Crippen molar-refractivity contribution in [3.8, 4) is 5.75 Å². The molecule has 1 fully saturated rings. The number of hydrogen-bond donors (Lipinski definition) is 2. The molecule has 2 N–H and O–H groups in total. The predicted molar refractivity (Wildman–Crippen MR) is 188 cm³/mol. The number of nitrogens with one attached hydrogen (secondary N) is 1. The summed E-state index contributed by atoms with van der Waals surface area (Å²) in [5.41, 5.74) is 2.90. The highest BCUT2D eigenvalue weighted by molar-refractivity contribution is 7.90. The molecule has 0 spiro atoms. The fourth-order valence-electron chi connectivity index (χ4n) is 7.40. The number of anilines is 1. The van der Waals surface area contributed by atoms with E-state index < -0.39 is 26.8 Å². The van der Waals surface area contributed by atoms with Gasteiger partial charge in [-0.25, -0.2) is 18.1 Å². The molecule has 264 valence electrons. The van der Waals surface area contributed by atoms with E-state index in [0.29, 0.717) is 54.9 Å². The average Bonchev–Trinajstić information content (AvgIpc) is 3.51. The molecule has 1 aromatic heterocycles. The maximum atomic E-state index is 13.5. The molecule has 1 amide bonds. The second-order valence-corrected chi connectivity index (χ2v) is 16.2. The summed E-state index contributed by atoms with van der Waals surface area (Å²) in [6, 6.07) is 11.0. The minimum atomic E-state index is -4.00. The van der Waals surface area contributed by atoms with Gasteiger partial charge in [0.25, 0.3) is 5.91 Å². The van der Waals surface area contributed by atoms with Crippen LogP contribution in [0.5, 0.6) is 5.75 Å². The van der Waals surface area contributed by atoms with Crippen molar-refractivity contribution in [3.05, 3.63) is 88.1 Å². The van der Waals surface area contributed by atoms with Crippen molar-refractivity contribution in [2.24, 2.45) is 17.8 Å². The van der Waals surface area contributed by atoms with Gasteiger partial charge in [-0.05, 0) is 105 Å². The number of hydrogen-bond acceptors (Lipinski definition) is 9. The Balaban J connectivity index is 1.42. The second kappa shape index (κ2) is 14.8. The van der Waals surface area contributed by atoms with E-state index in [2.05, 4.69) is 20.7 Å². The van der Waals surface area contributed by atoms with Gasteiger partial charge in [-0.3, -0.25) is 4.79 Å². The molecule has 2 aromatic carbocycles. The summed E-state index contributed by atoms with van der Waals surface area (Å²) >= 11 is 6.36. The van der Waals surface area contributed by atoms with Crippen LogP contribution in [-0.4, -0.2) is 55.5 Å². The molecular weight excluding hydrogens is 666 g/mol. The molecule has 49 heavy (non-hydrogen) atoms. The number of oxazole rings is 1. The van der Waals surface area contributed by atoms with E-state index in [9.17, 15) is 18.3 Å². The number of ether oxygens (including phenoxy) is 2. The number of halogens is 1. The number of carbonyl (C=O) groups excluding carboxylic acids is 1. The first-order chi connectivity index (χ1) is 23.5. The van der Waals surface area contributed by atoms with Gasteiger partial charge in [0.1, 0.15) is 24.3 Å². The molecule has 0 radical (unpaired) electrons. The van der Waals surface area contributed by atoms with E-state index in [0.717, 1.165) is 48.9 Å². The highest BCUT2D eigenvalue weighted by Gasteiger charge is 2.48. The van der Waals surface area contributed by atoms with Crippen LogP contribution in [-0.2, 0) is 40.8 Å². The lowest BCUT2D eigenvalue weighted by atomic mass is 9.63. The lowest BCUT2D eigenvalue weighted by Crippen LogP contribution is -2.52. The van der Waals surface area contributed by atoms with Gasteiger partial charge in [0.15, 0.2) is 5.89 Å². The lowest BCUT2D eigenvalue weighted by Gasteiger charge is -2.49. The van der Waals surface area contributed by atoms with E-state index in [1.807, 2.05) is 31.2 Å². The topological polar surface area (TPSA) is 131 Å². The Kier molecular flexibility index (Phi) is 10.7. The molecule has 2 aliphatic heterocycles. The number of amides is 1. The Bertz CT molecular complexity index is 1790. The molecule has 0 saturated heterocycles. The first-order valence-corrected chi connectivity index (χ1v) is 19.1. The molecule has 6 rings (SSSR count). The Morgan fingerprint density at radius 1 is 1.14 bits per heavy atom. The van der Waals surface area contributed by atoms with Crippen molar-refractivity contribution in [1.29, 1.82) is 0 Å². The number of methoxy groups -OCH3 is 1. The highest BCUT2D eigenvalue weighted by Crippen LogP contribution is 2.47. The standard InChI is InChI=1S/C37H46ClN3O7S/c1-24-7-6-15-37(46-3,19-35-39-31(21-42)23-48-35)32-13-10-28(32)20-41-16-5-4-8-26-17-30(38)12-9-29(26)22-47-34-14-11-27(18-33(34)41)36(43)40-49(44,45)25(24)2/h6,9,11-12,14-15,17-18,23-25,28,32,42H,4-5,7-8,10,13,16,19-22H2,1-3H3,(H,40,43)/b15-6+/t24-,25+,28-,32+,37+/m0/s1. The highest BCUT2D eigenvalue weighted by atomic mass is 35.5. The number of rotatable bonds is 4. The Morgan fingerprint density at radius 3 is 2.71 bits per heavy atom. The number of allylic oxidation sites excluding steroid dienone is 1. The Labute approximate surface area is 293 Å². The van der Waals surface area contributed by atoms with Crippen LogP contribution in [0.1, 0.15) is 79.0 Å². The number of sulfonamides is 1. The van der Waals surface area contributed by atoms with Gasteiger partial charge in [-0.1, -0.05) is 36.7 Å². The molecule has 5 atom stereocenters. The molecule has 1 aliphatic carbocycles. The zero-order valence-electron chi connectivity index (χ0n) is 28.4. The van der Waals surface area contributed by atoms with Gasteiger partial charge < -0.3 is 23.9 Å². The van der Waals surface area contributed by atoms with Crippen LogP contribution < -0.4 is 14.4 Å². The zero-order valence-corrected chi connectivity index (χ0v) is 29.9. The number of aryl methyl sites for hydroxylation is 1. The van der Waals surface area contributed by atoms with Crippen LogP contribution in [0, 0.1) is 17.8 Å². The largest absolute Gasteiger partial charge is 0.487 e. The number of carbonyl (C=O) groups is 1. The van der Waals surface area contributed by atoms with Crippen molar-refractivity contribution in [2.45, 2.75) is 82.9 Å². The van der Waals surface area contributed by atoms with E-state index in [1.165, 1.54) is 6.26 Å². The smallest absolute Gasteiger partial charge is 0.264 e. The van der Waals surface area contributed by atoms with Gasteiger partial charge in [-0.15, -0.1) is 0 Å². The molecule has 3 aliphatic rings. The first-order valence-electron chi connectivity index (χ1n) is 17.1. The molecule has 1 saturated carbocycles. The van der Waals surface area contributed by atoms with Crippen LogP contribution in [0.2, 0.25) is 5.02 Å². The fraction of sp³-hybridized carbons (Fsp3) is 0.514. The molecule has 10 nitrogen and oxygen atoms in total. The number of fused-ring (bicyclic) bond motifs is 3. The molecule has 2 bridgehead atoms.